The average molecular weight is 317 g/mol. The highest BCUT2D eigenvalue weighted by molar-refractivity contribution is 8.00. The summed E-state index contributed by atoms with van der Waals surface area (Å²) in [5.41, 5.74) is 3.33. The molecule has 116 valence electrons. The minimum absolute atomic E-state index is 0.122. The van der Waals surface area contributed by atoms with E-state index in [2.05, 4.69) is 15.3 Å². The highest BCUT2D eigenvalue weighted by atomic mass is 32.2. The van der Waals surface area contributed by atoms with Gasteiger partial charge in [0, 0.05) is 17.4 Å². The van der Waals surface area contributed by atoms with Crippen LogP contribution in [0.5, 0.6) is 0 Å². The smallest absolute Gasteiger partial charge is 0.251 e. The van der Waals surface area contributed by atoms with E-state index in [1.807, 2.05) is 32.0 Å². The number of hydrogen-bond acceptors (Lipinski definition) is 4. The predicted octanol–water partition coefficient (Wildman–Crippen LogP) is 2.81. The van der Waals surface area contributed by atoms with Crippen LogP contribution in [0.3, 0.4) is 0 Å². The van der Waals surface area contributed by atoms with E-state index in [1.54, 1.807) is 13.8 Å². The van der Waals surface area contributed by atoms with E-state index in [-0.39, 0.29) is 16.7 Å². The van der Waals surface area contributed by atoms with Crippen LogP contribution in [0.2, 0.25) is 0 Å². The largest absolute Gasteiger partial charge is 0.325 e. The molecule has 1 aromatic heterocycles. The van der Waals surface area contributed by atoms with Gasteiger partial charge in [-0.1, -0.05) is 23.9 Å². The second-order valence-corrected chi connectivity index (χ2v) is 6.59. The topological polar surface area (TPSA) is 74.8 Å². The number of aryl methyl sites for hydroxylation is 3. The lowest BCUT2D eigenvalue weighted by Crippen LogP contribution is -2.23. The fourth-order valence-corrected chi connectivity index (χ4v) is 2.79. The molecule has 0 aliphatic heterocycles. The van der Waals surface area contributed by atoms with Crippen molar-refractivity contribution in [2.45, 2.75) is 38.1 Å². The Balaban J connectivity index is 2.09. The molecule has 0 aliphatic carbocycles. The highest BCUT2D eigenvalue weighted by Crippen LogP contribution is 2.22. The molecule has 0 saturated heterocycles. The maximum Gasteiger partial charge on any atom is 0.251 e. The third kappa shape index (κ3) is 4.21. The lowest BCUT2D eigenvalue weighted by atomic mass is 10.1. The van der Waals surface area contributed by atoms with Crippen molar-refractivity contribution in [2.24, 2.45) is 0 Å². The van der Waals surface area contributed by atoms with E-state index in [1.165, 1.54) is 17.8 Å². The Hall–Kier alpha value is -2.08. The first-order valence-electron chi connectivity index (χ1n) is 6.98. The van der Waals surface area contributed by atoms with Crippen molar-refractivity contribution in [1.82, 2.24) is 9.97 Å². The van der Waals surface area contributed by atoms with E-state index < -0.39 is 0 Å². The minimum Gasteiger partial charge on any atom is -0.325 e. The van der Waals surface area contributed by atoms with Gasteiger partial charge in [0.1, 0.15) is 0 Å². The van der Waals surface area contributed by atoms with Crippen molar-refractivity contribution in [3.8, 4) is 0 Å². The van der Waals surface area contributed by atoms with E-state index in [4.69, 9.17) is 0 Å². The summed E-state index contributed by atoms with van der Waals surface area (Å²) in [6.45, 7) is 7.47. The van der Waals surface area contributed by atoms with Crippen molar-refractivity contribution in [1.29, 1.82) is 0 Å². The molecule has 2 N–H and O–H groups in total. The van der Waals surface area contributed by atoms with Gasteiger partial charge >= 0.3 is 0 Å². The van der Waals surface area contributed by atoms with Crippen LogP contribution in [0.25, 0.3) is 0 Å². The number of nitrogens with one attached hydrogen (secondary N) is 2. The zero-order chi connectivity index (χ0) is 16.3. The van der Waals surface area contributed by atoms with Crippen LogP contribution in [0.4, 0.5) is 5.69 Å². The highest BCUT2D eigenvalue weighted by Gasteiger charge is 2.17. The molecule has 1 amide bonds. The van der Waals surface area contributed by atoms with Crippen LogP contribution in [0, 0.1) is 20.8 Å². The van der Waals surface area contributed by atoms with Gasteiger partial charge in [-0.2, -0.15) is 0 Å². The van der Waals surface area contributed by atoms with Crippen LogP contribution >= 0.6 is 11.8 Å². The number of rotatable bonds is 4. The number of hydrogen-bond donors (Lipinski definition) is 2. The maximum atomic E-state index is 12.3. The van der Waals surface area contributed by atoms with Gasteiger partial charge in [0.2, 0.25) is 5.91 Å². The van der Waals surface area contributed by atoms with Crippen LogP contribution in [0.1, 0.15) is 23.7 Å². The second kappa shape index (κ2) is 6.79. The van der Waals surface area contributed by atoms with Gasteiger partial charge < -0.3 is 10.3 Å². The van der Waals surface area contributed by atoms with Gasteiger partial charge in [-0.3, -0.25) is 9.59 Å². The average Bonchev–Trinajstić information content (AvgIpc) is 2.41. The van der Waals surface area contributed by atoms with Crippen molar-refractivity contribution in [3.63, 3.8) is 0 Å². The van der Waals surface area contributed by atoms with Crippen molar-refractivity contribution in [2.75, 3.05) is 5.32 Å². The Morgan fingerprint density at radius 3 is 2.68 bits per heavy atom. The molecule has 0 spiro atoms. The van der Waals surface area contributed by atoms with Gasteiger partial charge in [-0.15, -0.1) is 0 Å². The zero-order valence-corrected chi connectivity index (χ0v) is 13.9. The Morgan fingerprint density at radius 2 is 2.00 bits per heavy atom. The molecule has 1 aromatic carbocycles. The summed E-state index contributed by atoms with van der Waals surface area (Å²) in [5, 5.41) is 3.00. The molecule has 1 unspecified atom stereocenters. The fourth-order valence-electron chi connectivity index (χ4n) is 1.93. The van der Waals surface area contributed by atoms with E-state index in [0.29, 0.717) is 10.9 Å². The number of carbonyl (C=O) groups is 1. The lowest BCUT2D eigenvalue weighted by molar-refractivity contribution is -0.115. The third-order valence-electron chi connectivity index (χ3n) is 3.16. The monoisotopic (exact) mass is 317 g/mol. The summed E-state index contributed by atoms with van der Waals surface area (Å²) in [6, 6.07) is 7.34. The summed E-state index contributed by atoms with van der Waals surface area (Å²) in [4.78, 5) is 30.6. The van der Waals surface area contributed by atoms with Gasteiger partial charge in [0.15, 0.2) is 5.16 Å². The SMILES string of the molecule is Cc1ccc(C)c(NC(=O)C(C)Sc2nc(C)cc(=O)[nH]2)c1. The quantitative estimate of drug-likeness (QED) is 0.671. The molecule has 6 heteroatoms. The Morgan fingerprint density at radius 1 is 1.27 bits per heavy atom. The van der Waals surface area contributed by atoms with E-state index in [0.717, 1.165) is 16.8 Å². The summed E-state index contributed by atoms with van der Waals surface area (Å²) >= 11 is 1.23. The molecule has 0 aliphatic rings. The summed E-state index contributed by atoms with van der Waals surface area (Å²) in [7, 11) is 0. The molecule has 2 rings (SSSR count). The van der Waals surface area contributed by atoms with E-state index >= 15 is 0 Å². The molecule has 0 fully saturated rings. The van der Waals surface area contributed by atoms with Gasteiger partial charge in [-0.25, -0.2) is 4.98 Å². The molecular weight excluding hydrogens is 298 g/mol. The van der Waals surface area contributed by atoms with Crippen molar-refractivity contribution >= 4 is 23.4 Å². The molecule has 2 aromatic rings. The van der Waals surface area contributed by atoms with Crippen LogP contribution in [-0.2, 0) is 4.79 Å². The number of amides is 1. The van der Waals surface area contributed by atoms with Gasteiger partial charge in [0.25, 0.3) is 5.56 Å². The summed E-state index contributed by atoms with van der Waals surface area (Å²) in [6.07, 6.45) is 0. The van der Waals surface area contributed by atoms with Gasteiger partial charge in [0.05, 0.1) is 5.25 Å². The number of aromatic amines is 1. The first kappa shape index (κ1) is 16.3. The minimum atomic E-state index is -0.370. The maximum absolute atomic E-state index is 12.3. The van der Waals surface area contributed by atoms with E-state index in [9.17, 15) is 9.59 Å². The molecule has 22 heavy (non-hydrogen) atoms. The first-order valence-corrected chi connectivity index (χ1v) is 7.86. The molecule has 0 bridgehead atoms. The first-order chi connectivity index (χ1) is 10.3. The number of benzene rings is 1. The van der Waals surface area contributed by atoms with Crippen molar-refractivity contribution in [3.05, 3.63) is 51.4 Å². The lowest BCUT2D eigenvalue weighted by Gasteiger charge is -2.13. The summed E-state index contributed by atoms with van der Waals surface area (Å²) in [5.74, 6) is -0.122. The Kier molecular flexibility index (Phi) is 5.03. The molecular formula is C16H19N3O2S. The van der Waals surface area contributed by atoms with Crippen molar-refractivity contribution < 1.29 is 4.79 Å². The summed E-state index contributed by atoms with van der Waals surface area (Å²) < 4.78 is 0. The third-order valence-corrected chi connectivity index (χ3v) is 4.14. The number of thioether (sulfide) groups is 1. The van der Waals surface area contributed by atoms with Crippen LogP contribution in [0.15, 0.2) is 34.2 Å². The molecule has 5 nitrogen and oxygen atoms in total. The Bertz CT molecular complexity index is 755. The fraction of sp³-hybridized carbons (Fsp3) is 0.312. The molecule has 1 heterocycles. The molecule has 1 atom stereocenters. The predicted molar refractivity (Wildman–Crippen MR) is 89.5 cm³/mol. The number of anilines is 1. The molecule has 0 radical (unpaired) electrons. The Labute approximate surface area is 133 Å². The standard InChI is InChI=1S/C16H19N3O2S/c1-9-5-6-10(2)13(7-9)18-15(21)12(4)22-16-17-11(3)8-14(20)19-16/h5-8,12H,1-4H3,(H,18,21)(H,17,19,20). The number of carbonyl (C=O) groups excluding carboxylic acids is 1. The zero-order valence-electron chi connectivity index (χ0n) is 13.1. The normalized spacial score (nSPS) is 12.0. The van der Waals surface area contributed by atoms with Crippen LogP contribution < -0.4 is 10.9 Å². The van der Waals surface area contributed by atoms with Gasteiger partial charge in [-0.05, 0) is 44.9 Å². The number of H-pyrrole nitrogens is 1. The number of nitrogens with zero attached hydrogens (tertiary/aromatic N) is 1. The molecule has 0 saturated carbocycles. The van der Waals surface area contributed by atoms with Crippen LogP contribution in [-0.4, -0.2) is 21.1 Å². The second-order valence-electron chi connectivity index (χ2n) is 5.26. The number of aromatic nitrogens is 2.